The molecule has 2 aromatic rings. The minimum atomic E-state index is -3.29. The van der Waals surface area contributed by atoms with Gasteiger partial charge in [-0.15, -0.1) is 0 Å². The Morgan fingerprint density at radius 1 is 1.25 bits per heavy atom. The van der Waals surface area contributed by atoms with Crippen molar-refractivity contribution in [1.82, 2.24) is 9.55 Å². The molecular weight excluding hydrogens is 224 g/mol. The second-order valence-corrected chi connectivity index (χ2v) is 5.52. The summed E-state index contributed by atoms with van der Waals surface area (Å²) in [4.78, 5) is 4.34. The van der Waals surface area contributed by atoms with E-state index >= 15 is 0 Å². The van der Waals surface area contributed by atoms with Crippen molar-refractivity contribution in [2.24, 2.45) is 7.05 Å². The summed E-state index contributed by atoms with van der Waals surface area (Å²) >= 11 is 0. The van der Waals surface area contributed by atoms with E-state index in [1.165, 1.54) is 0 Å². The summed E-state index contributed by atoms with van der Waals surface area (Å²) in [6.07, 6.45) is 3.33. The Kier molecular flexibility index (Phi) is 2.78. The topological polar surface area (TPSA) is 52.0 Å². The third-order valence-corrected chi connectivity index (χ3v) is 3.97. The van der Waals surface area contributed by atoms with Gasteiger partial charge in [-0.1, -0.05) is 18.2 Å². The molecule has 84 valence electrons. The fraction of sp³-hybridized carbons (Fsp3) is 0.182. The Bertz CT molecular complexity index is 573. The zero-order valence-electron chi connectivity index (χ0n) is 8.87. The van der Waals surface area contributed by atoms with Gasteiger partial charge in [0.25, 0.3) is 0 Å². The quantitative estimate of drug-likeness (QED) is 0.809. The SMILES string of the molecule is Cn1ccnc1CS(=O)(=O)c1ccccc1. The van der Waals surface area contributed by atoms with Gasteiger partial charge in [-0.25, -0.2) is 13.4 Å². The van der Waals surface area contributed by atoms with Gasteiger partial charge in [0, 0.05) is 19.4 Å². The minimum Gasteiger partial charge on any atom is -0.337 e. The second-order valence-electron chi connectivity index (χ2n) is 3.53. The maximum Gasteiger partial charge on any atom is 0.185 e. The van der Waals surface area contributed by atoms with E-state index in [4.69, 9.17) is 0 Å². The highest BCUT2D eigenvalue weighted by Crippen LogP contribution is 2.14. The molecule has 1 aromatic heterocycles. The molecular formula is C11H12N2O2S. The smallest absolute Gasteiger partial charge is 0.185 e. The molecule has 1 aromatic carbocycles. The molecule has 0 bridgehead atoms. The predicted molar refractivity (Wildman–Crippen MR) is 60.5 cm³/mol. The van der Waals surface area contributed by atoms with Gasteiger partial charge in [-0.05, 0) is 12.1 Å². The lowest BCUT2D eigenvalue weighted by Crippen LogP contribution is -2.08. The van der Waals surface area contributed by atoms with Crippen LogP contribution in [0.3, 0.4) is 0 Å². The second kappa shape index (κ2) is 4.09. The van der Waals surface area contributed by atoms with E-state index < -0.39 is 9.84 Å². The first-order valence-corrected chi connectivity index (χ1v) is 6.49. The molecule has 0 fully saturated rings. The third kappa shape index (κ3) is 2.14. The van der Waals surface area contributed by atoms with Crippen LogP contribution in [0.5, 0.6) is 0 Å². The largest absolute Gasteiger partial charge is 0.337 e. The fourth-order valence-corrected chi connectivity index (χ4v) is 2.77. The Morgan fingerprint density at radius 3 is 2.50 bits per heavy atom. The molecule has 0 unspecified atom stereocenters. The normalized spacial score (nSPS) is 11.6. The third-order valence-electron chi connectivity index (χ3n) is 2.34. The van der Waals surface area contributed by atoms with Crippen molar-refractivity contribution in [1.29, 1.82) is 0 Å². The Labute approximate surface area is 94.5 Å². The molecule has 0 amide bonds. The molecule has 4 nitrogen and oxygen atoms in total. The summed E-state index contributed by atoms with van der Waals surface area (Å²) in [5.74, 6) is 0.476. The maximum absolute atomic E-state index is 12.0. The van der Waals surface area contributed by atoms with Crippen molar-refractivity contribution >= 4 is 9.84 Å². The summed E-state index contributed by atoms with van der Waals surface area (Å²) in [5.41, 5.74) is 0. The fourth-order valence-electron chi connectivity index (χ4n) is 1.42. The standard InChI is InChI=1S/C11H12N2O2S/c1-13-8-7-12-11(13)9-16(14,15)10-5-3-2-4-6-10/h2-8H,9H2,1H3. The first-order chi connectivity index (χ1) is 7.59. The van der Waals surface area contributed by atoms with Crippen LogP contribution in [0.1, 0.15) is 5.82 Å². The number of nitrogens with zero attached hydrogens (tertiary/aromatic N) is 2. The summed E-state index contributed by atoms with van der Waals surface area (Å²) in [5, 5.41) is 0. The van der Waals surface area contributed by atoms with Gasteiger partial charge in [-0.3, -0.25) is 0 Å². The molecule has 0 aliphatic heterocycles. The first-order valence-electron chi connectivity index (χ1n) is 4.83. The van der Waals surface area contributed by atoms with Crippen LogP contribution in [0, 0.1) is 0 Å². The Hall–Kier alpha value is -1.62. The van der Waals surface area contributed by atoms with Gasteiger partial charge in [0.1, 0.15) is 11.6 Å². The lowest BCUT2D eigenvalue weighted by molar-refractivity contribution is 0.592. The molecule has 0 aliphatic rings. The van der Waals surface area contributed by atoms with E-state index in [0.29, 0.717) is 10.7 Å². The van der Waals surface area contributed by atoms with E-state index in [0.717, 1.165) is 0 Å². The van der Waals surface area contributed by atoms with Crippen molar-refractivity contribution in [3.63, 3.8) is 0 Å². The maximum atomic E-state index is 12.0. The van der Waals surface area contributed by atoms with Crippen LogP contribution >= 0.6 is 0 Å². The molecule has 0 aliphatic carbocycles. The van der Waals surface area contributed by atoms with Gasteiger partial charge < -0.3 is 4.57 Å². The van der Waals surface area contributed by atoms with Crippen LogP contribution in [-0.4, -0.2) is 18.0 Å². The molecule has 1 heterocycles. The van der Waals surface area contributed by atoms with Gasteiger partial charge in [0.15, 0.2) is 9.84 Å². The van der Waals surface area contributed by atoms with Crippen LogP contribution < -0.4 is 0 Å². The average molecular weight is 236 g/mol. The number of benzene rings is 1. The minimum absolute atomic E-state index is 0.0689. The zero-order chi connectivity index (χ0) is 11.6. The van der Waals surface area contributed by atoms with Crippen molar-refractivity contribution in [2.75, 3.05) is 0 Å². The molecule has 0 radical (unpaired) electrons. The predicted octanol–water partition coefficient (Wildman–Crippen LogP) is 1.39. The Morgan fingerprint density at radius 2 is 1.94 bits per heavy atom. The van der Waals surface area contributed by atoms with E-state index in [2.05, 4.69) is 4.98 Å². The van der Waals surface area contributed by atoms with Crippen LogP contribution in [0.2, 0.25) is 0 Å². The van der Waals surface area contributed by atoms with Gasteiger partial charge in [-0.2, -0.15) is 0 Å². The van der Waals surface area contributed by atoms with E-state index in [9.17, 15) is 8.42 Å². The average Bonchev–Trinajstić information content (AvgIpc) is 2.65. The summed E-state index contributed by atoms with van der Waals surface area (Å²) in [6.45, 7) is 0. The molecule has 5 heteroatoms. The number of aromatic nitrogens is 2. The summed E-state index contributed by atoms with van der Waals surface area (Å²) < 4.78 is 25.7. The lowest BCUT2D eigenvalue weighted by Gasteiger charge is -2.04. The molecule has 0 N–H and O–H groups in total. The number of hydrogen-bond acceptors (Lipinski definition) is 3. The molecule has 0 atom stereocenters. The van der Waals surface area contributed by atoms with Crippen molar-refractivity contribution in [3.8, 4) is 0 Å². The number of aryl methyl sites for hydroxylation is 1. The van der Waals surface area contributed by atoms with E-state index in [1.54, 1.807) is 54.3 Å². The summed E-state index contributed by atoms with van der Waals surface area (Å²) in [7, 11) is -1.51. The molecule has 0 saturated carbocycles. The molecule has 16 heavy (non-hydrogen) atoms. The zero-order valence-corrected chi connectivity index (χ0v) is 9.68. The van der Waals surface area contributed by atoms with Crippen molar-refractivity contribution in [3.05, 3.63) is 48.5 Å². The number of rotatable bonds is 3. The van der Waals surface area contributed by atoms with Crippen molar-refractivity contribution in [2.45, 2.75) is 10.6 Å². The number of sulfone groups is 1. The van der Waals surface area contributed by atoms with Gasteiger partial charge in [0.2, 0.25) is 0 Å². The monoisotopic (exact) mass is 236 g/mol. The number of imidazole rings is 1. The number of hydrogen-bond donors (Lipinski definition) is 0. The summed E-state index contributed by atoms with van der Waals surface area (Å²) in [6, 6.07) is 8.41. The van der Waals surface area contributed by atoms with Crippen LogP contribution in [-0.2, 0) is 22.6 Å². The highest BCUT2D eigenvalue weighted by Gasteiger charge is 2.16. The van der Waals surface area contributed by atoms with Crippen LogP contribution in [0.4, 0.5) is 0 Å². The lowest BCUT2D eigenvalue weighted by atomic mass is 10.4. The van der Waals surface area contributed by atoms with Crippen molar-refractivity contribution < 1.29 is 8.42 Å². The van der Waals surface area contributed by atoms with Gasteiger partial charge in [0.05, 0.1) is 4.90 Å². The molecule has 2 rings (SSSR count). The molecule has 0 spiro atoms. The first kappa shape index (κ1) is 10.9. The van der Waals surface area contributed by atoms with Gasteiger partial charge >= 0.3 is 0 Å². The van der Waals surface area contributed by atoms with Crippen LogP contribution in [0.15, 0.2) is 47.6 Å². The molecule has 0 saturated heterocycles. The van der Waals surface area contributed by atoms with E-state index in [1.807, 2.05) is 0 Å². The van der Waals surface area contributed by atoms with Crippen LogP contribution in [0.25, 0.3) is 0 Å². The van der Waals surface area contributed by atoms with E-state index in [-0.39, 0.29) is 5.75 Å². The highest BCUT2D eigenvalue weighted by atomic mass is 32.2. The Balaban J connectivity index is 2.32. The highest BCUT2D eigenvalue weighted by molar-refractivity contribution is 7.90.